The second-order valence-corrected chi connectivity index (χ2v) is 12.6. The van der Waals surface area contributed by atoms with E-state index in [0.717, 1.165) is 49.4 Å². The van der Waals surface area contributed by atoms with E-state index in [1.165, 1.54) is 51.2 Å². The van der Waals surface area contributed by atoms with Gasteiger partial charge in [0.1, 0.15) is 6.29 Å². The van der Waals surface area contributed by atoms with E-state index < -0.39 is 0 Å². The molecule has 2 fully saturated rings. The molecule has 2 heteroatoms. The molecule has 0 amide bonds. The van der Waals surface area contributed by atoms with E-state index in [1.807, 2.05) is 0 Å². The van der Waals surface area contributed by atoms with Crippen LogP contribution in [0.3, 0.4) is 0 Å². The van der Waals surface area contributed by atoms with Gasteiger partial charge in [-0.05, 0) is 86.9 Å². The maximum Gasteiger partial charge on any atom is 0.127 e. The summed E-state index contributed by atoms with van der Waals surface area (Å²) in [6, 6.07) is 0. The molecule has 7 unspecified atom stereocenters. The fraction of sp³-hybridized carbons (Fsp3) is 0.893. The zero-order valence-electron chi connectivity index (χ0n) is 20.3. The van der Waals surface area contributed by atoms with Crippen LogP contribution in [0.15, 0.2) is 11.1 Å². The first-order valence-corrected chi connectivity index (χ1v) is 13.0. The highest BCUT2D eigenvalue weighted by atomic mass is 16.3. The summed E-state index contributed by atoms with van der Waals surface area (Å²) in [7, 11) is 0. The summed E-state index contributed by atoms with van der Waals surface area (Å²) in [5, 5.41) is 10.4. The van der Waals surface area contributed by atoms with Crippen LogP contribution in [0.4, 0.5) is 0 Å². The van der Waals surface area contributed by atoms with Crippen molar-refractivity contribution in [1.29, 1.82) is 0 Å². The van der Waals surface area contributed by atoms with E-state index in [-0.39, 0.29) is 16.9 Å². The third-order valence-electron chi connectivity index (χ3n) is 10.7. The van der Waals surface area contributed by atoms with Crippen molar-refractivity contribution in [2.45, 2.75) is 118 Å². The molecule has 2 nitrogen and oxygen atoms in total. The minimum absolute atomic E-state index is 0.0101. The summed E-state index contributed by atoms with van der Waals surface area (Å²) in [6.45, 7) is 12.2. The van der Waals surface area contributed by atoms with Crippen LogP contribution in [-0.4, -0.2) is 17.5 Å². The highest BCUT2D eigenvalue weighted by Gasteiger charge is 2.60. The highest BCUT2D eigenvalue weighted by Crippen LogP contribution is 2.68. The van der Waals surface area contributed by atoms with Crippen LogP contribution in [0.5, 0.6) is 0 Å². The Morgan fingerprint density at radius 3 is 2.50 bits per heavy atom. The summed E-state index contributed by atoms with van der Waals surface area (Å²) in [5.41, 5.74) is 3.55. The van der Waals surface area contributed by atoms with Gasteiger partial charge in [-0.3, -0.25) is 0 Å². The van der Waals surface area contributed by atoms with Gasteiger partial charge in [0.2, 0.25) is 0 Å². The molecule has 4 aliphatic rings. The zero-order chi connectivity index (χ0) is 21.7. The second kappa shape index (κ2) is 8.05. The SMILES string of the molecule is CC(C)CCCC(C)C1CCC2C3=C(CCC21C)C1(C)CCC(O)CC1(C=O)CC3. The number of allylic oxidation sites excluding steroid dienone is 2. The van der Waals surface area contributed by atoms with Gasteiger partial charge in [0.15, 0.2) is 0 Å². The van der Waals surface area contributed by atoms with Gasteiger partial charge >= 0.3 is 0 Å². The van der Waals surface area contributed by atoms with Crippen molar-refractivity contribution in [2.75, 3.05) is 0 Å². The average molecular weight is 415 g/mol. The minimum atomic E-state index is -0.320. The molecular weight excluding hydrogens is 368 g/mol. The number of hydrogen-bond donors (Lipinski definition) is 1. The Morgan fingerprint density at radius 1 is 1.03 bits per heavy atom. The summed E-state index contributed by atoms with van der Waals surface area (Å²) in [6.07, 6.45) is 15.0. The van der Waals surface area contributed by atoms with E-state index >= 15 is 0 Å². The van der Waals surface area contributed by atoms with E-state index in [2.05, 4.69) is 34.6 Å². The highest BCUT2D eigenvalue weighted by molar-refractivity contribution is 5.65. The van der Waals surface area contributed by atoms with Gasteiger partial charge in [0.05, 0.1) is 6.10 Å². The molecule has 0 aromatic heterocycles. The lowest BCUT2D eigenvalue weighted by atomic mass is 9.45. The summed E-state index contributed by atoms with van der Waals surface area (Å²) < 4.78 is 0. The third kappa shape index (κ3) is 3.35. The van der Waals surface area contributed by atoms with Crippen LogP contribution in [0.1, 0.15) is 112 Å². The molecule has 0 saturated heterocycles. The van der Waals surface area contributed by atoms with Crippen LogP contribution in [0.25, 0.3) is 0 Å². The maximum atomic E-state index is 12.4. The van der Waals surface area contributed by atoms with Crippen molar-refractivity contribution in [3.8, 4) is 0 Å². The van der Waals surface area contributed by atoms with Crippen LogP contribution in [0.2, 0.25) is 0 Å². The quantitative estimate of drug-likeness (QED) is 0.372. The lowest BCUT2D eigenvalue weighted by molar-refractivity contribution is -0.132. The number of carbonyl (C=O) groups is 1. The standard InChI is InChI=1S/C28H46O2/c1-19(2)7-6-8-20(3)23-9-10-24-22-12-16-28(18-29)17-21(30)11-15-27(28,5)25(22)13-14-26(23,24)4/h18-21,23-24,30H,6-17H2,1-5H3. The van der Waals surface area contributed by atoms with Crippen LogP contribution in [0, 0.1) is 39.9 Å². The number of fused-ring (bicyclic) bond motifs is 4. The smallest absolute Gasteiger partial charge is 0.127 e. The van der Waals surface area contributed by atoms with Crippen LogP contribution in [-0.2, 0) is 4.79 Å². The van der Waals surface area contributed by atoms with Crippen LogP contribution < -0.4 is 0 Å². The van der Waals surface area contributed by atoms with E-state index in [0.29, 0.717) is 11.8 Å². The number of aldehydes is 1. The van der Waals surface area contributed by atoms with Crippen molar-refractivity contribution in [1.82, 2.24) is 0 Å². The molecule has 0 aliphatic heterocycles. The van der Waals surface area contributed by atoms with E-state index in [4.69, 9.17) is 0 Å². The first kappa shape index (κ1) is 22.6. The maximum absolute atomic E-state index is 12.4. The Balaban J connectivity index is 1.58. The second-order valence-electron chi connectivity index (χ2n) is 12.6. The van der Waals surface area contributed by atoms with Gasteiger partial charge < -0.3 is 9.90 Å². The lowest BCUT2D eigenvalue weighted by Crippen LogP contribution is -2.53. The fourth-order valence-corrected chi connectivity index (χ4v) is 8.78. The summed E-state index contributed by atoms with van der Waals surface area (Å²) in [5.74, 6) is 3.26. The molecule has 0 bridgehead atoms. The van der Waals surface area contributed by atoms with Gasteiger partial charge in [-0.2, -0.15) is 0 Å². The lowest BCUT2D eigenvalue weighted by Gasteiger charge is -2.59. The van der Waals surface area contributed by atoms with Crippen molar-refractivity contribution in [3.63, 3.8) is 0 Å². The predicted molar refractivity (Wildman–Crippen MR) is 124 cm³/mol. The fourth-order valence-electron chi connectivity index (χ4n) is 8.78. The van der Waals surface area contributed by atoms with Crippen molar-refractivity contribution in [3.05, 3.63) is 11.1 Å². The molecule has 0 aromatic rings. The summed E-state index contributed by atoms with van der Waals surface area (Å²) in [4.78, 5) is 12.4. The first-order valence-electron chi connectivity index (χ1n) is 13.0. The van der Waals surface area contributed by atoms with Crippen molar-refractivity contribution < 1.29 is 9.90 Å². The van der Waals surface area contributed by atoms with Gasteiger partial charge in [0.25, 0.3) is 0 Å². The Bertz CT molecular complexity index is 693. The van der Waals surface area contributed by atoms with Crippen molar-refractivity contribution in [2.24, 2.45) is 39.9 Å². The van der Waals surface area contributed by atoms with Gasteiger partial charge in [-0.15, -0.1) is 0 Å². The summed E-state index contributed by atoms with van der Waals surface area (Å²) >= 11 is 0. The van der Waals surface area contributed by atoms with E-state index in [9.17, 15) is 9.90 Å². The predicted octanol–water partition coefficient (Wildman–Crippen LogP) is 7.10. The largest absolute Gasteiger partial charge is 0.393 e. The Labute approximate surface area is 185 Å². The monoisotopic (exact) mass is 414 g/mol. The molecule has 170 valence electrons. The molecule has 1 N–H and O–H groups in total. The third-order valence-corrected chi connectivity index (χ3v) is 10.7. The minimum Gasteiger partial charge on any atom is -0.393 e. The van der Waals surface area contributed by atoms with Crippen LogP contribution >= 0.6 is 0 Å². The average Bonchev–Trinajstić information content (AvgIpc) is 3.05. The molecule has 0 heterocycles. The number of rotatable bonds is 6. The molecule has 4 rings (SSSR count). The Morgan fingerprint density at radius 2 is 1.80 bits per heavy atom. The Kier molecular flexibility index (Phi) is 6.06. The number of hydrogen-bond acceptors (Lipinski definition) is 2. The Hall–Kier alpha value is -0.630. The van der Waals surface area contributed by atoms with Gasteiger partial charge in [-0.25, -0.2) is 0 Å². The number of aliphatic hydroxyl groups excluding tert-OH is 1. The molecule has 0 spiro atoms. The molecule has 0 radical (unpaired) electrons. The van der Waals surface area contributed by atoms with Crippen molar-refractivity contribution >= 4 is 6.29 Å². The molecule has 30 heavy (non-hydrogen) atoms. The molecule has 2 saturated carbocycles. The molecule has 0 aromatic carbocycles. The molecule has 7 atom stereocenters. The van der Waals surface area contributed by atoms with Gasteiger partial charge in [-0.1, -0.05) is 65.0 Å². The van der Waals surface area contributed by atoms with E-state index in [1.54, 1.807) is 11.1 Å². The first-order chi connectivity index (χ1) is 14.2. The number of carbonyl (C=O) groups excluding carboxylic acids is 1. The number of aliphatic hydroxyl groups is 1. The zero-order valence-corrected chi connectivity index (χ0v) is 20.3. The normalized spacial score (nSPS) is 44.4. The molecular formula is C28H46O2. The van der Waals surface area contributed by atoms with Gasteiger partial charge in [0, 0.05) is 10.8 Å². The topological polar surface area (TPSA) is 37.3 Å². The molecule has 4 aliphatic carbocycles.